The van der Waals surface area contributed by atoms with Gasteiger partial charge in [-0.2, -0.15) is 4.99 Å². The molecule has 1 saturated heterocycles. The summed E-state index contributed by atoms with van der Waals surface area (Å²) in [5.74, 6) is 0.823. The summed E-state index contributed by atoms with van der Waals surface area (Å²) >= 11 is 5.89. The van der Waals surface area contributed by atoms with Crippen LogP contribution in [0.5, 0.6) is 0 Å². The Hall–Kier alpha value is -3.39. The topological polar surface area (TPSA) is 96.4 Å². The number of piperazine rings is 1. The average Bonchev–Trinajstić information content (AvgIpc) is 3.10. The van der Waals surface area contributed by atoms with Crippen molar-refractivity contribution in [1.82, 2.24) is 14.8 Å². The summed E-state index contributed by atoms with van der Waals surface area (Å²) in [5.41, 5.74) is 7.08. The number of esters is 1. The van der Waals surface area contributed by atoms with Gasteiger partial charge < -0.3 is 20.3 Å². The van der Waals surface area contributed by atoms with Crippen LogP contribution in [0.2, 0.25) is 5.02 Å². The molecule has 1 aromatic carbocycles. The Morgan fingerprint density at radius 3 is 2.59 bits per heavy atom. The van der Waals surface area contributed by atoms with Crippen LogP contribution in [0.15, 0.2) is 70.5 Å². The number of guanidine groups is 1. The van der Waals surface area contributed by atoms with E-state index in [1.807, 2.05) is 21.9 Å². The summed E-state index contributed by atoms with van der Waals surface area (Å²) in [6.07, 6.45) is 3.41. The molecule has 29 heavy (non-hydrogen) atoms. The lowest BCUT2D eigenvalue weighted by Gasteiger charge is -2.34. The van der Waals surface area contributed by atoms with Crippen molar-refractivity contribution in [2.75, 3.05) is 26.2 Å². The Kier molecular flexibility index (Phi) is 5.44. The van der Waals surface area contributed by atoms with Gasteiger partial charge in [-0.1, -0.05) is 17.7 Å². The highest BCUT2D eigenvalue weighted by Gasteiger charge is 2.26. The number of rotatable bonds is 3. The van der Waals surface area contributed by atoms with Gasteiger partial charge in [-0.15, -0.1) is 0 Å². The van der Waals surface area contributed by atoms with E-state index in [-0.39, 0.29) is 11.6 Å². The fraction of sp³-hybridized carbons (Fsp3) is 0.200. The molecule has 0 saturated carbocycles. The molecule has 0 aliphatic carbocycles. The number of carbonyl (C=O) groups excluding carboxylic acids is 1. The fourth-order valence-corrected chi connectivity index (χ4v) is 3.10. The van der Waals surface area contributed by atoms with Gasteiger partial charge in [-0.25, -0.2) is 14.8 Å². The summed E-state index contributed by atoms with van der Waals surface area (Å²) in [6, 6.07) is 12.5. The molecule has 8 nitrogen and oxygen atoms in total. The molecule has 2 N–H and O–H groups in total. The Labute approximate surface area is 173 Å². The van der Waals surface area contributed by atoms with Gasteiger partial charge in [0.2, 0.25) is 5.90 Å². The monoisotopic (exact) mass is 410 g/mol. The normalized spacial score (nSPS) is 18.8. The second-order valence-corrected chi connectivity index (χ2v) is 6.95. The number of carbonyl (C=O) groups is 1. The molecule has 0 radical (unpaired) electrons. The van der Waals surface area contributed by atoms with Crippen molar-refractivity contribution in [2.24, 2.45) is 15.7 Å². The van der Waals surface area contributed by atoms with Crippen LogP contribution >= 0.6 is 11.6 Å². The van der Waals surface area contributed by atoms with Crippen LogP contribution < -0.4 is 5.73 Å². The molecular formula is C20H19ClN6O2. The first kappa shape index (κ1) is 18.9. The molecule has 3 heterocycles. The lowest BCUT2D eigenvalue weighted by Crippen LogP contribution is -2.49. The lowest BCUT2D eigenvalue weighted by molar-refractivity contribution is -0.130. The molecule has 4 rings (SSSR count). The standard InChI is InChI=1S/C20H19ClN6O2/c21-15-6-4-14(5-7-15)18-24-16(19(28)29-18)13-26-9-11-27(12-10-26)20(22)25-17-3-1-2-8-23-17/h1-8,13H,9-12H2,(H2,22,23,25)/b16-13+. The van der Waals surface area contributed by atoms with Crippen LogP contribution in [-0.2, 0) is 9.53 Å². The van der Waals surface area contributed by atoms with Gasteiger partial charge >= 0.3 is 5.97 Å². The molecule has 0 bridgehead atoms. The van der Waals surface area contributed by atoms with E-state index >= 15 is 0 Å². The molecule has 0 amide bonds. The zero-order valence-corrected chi connectivity index (χ0v) is 16.3. The van der Waals surface area contributed by atoms with E-state index in [0.717, 1.165) is 0 Å². The third-order valence-corrected chi connectivity index (χ3v) is 4.79. The van der Waals surface area contributed by atoms with Crippen LogP contribution in [0.4, 0.5) is 5.82 Å². The number of cyclic esters (lactones) is 1. The largest absolute Gasteiger partial charge is 0.402 e. The van der Waals surface area contributed by atoms with Gasteiger partial charge in [0.15, 0.2) is 17.5 Å². The Bertz CT molecular complexity index is 980. The molecule has 1 aromatic heterocycles. The molecule has 0 atom stereocenters. The minimum atomic E-state index is -0.464. The smallest absolute Gasteiger partial charge is 0.365 e. The van der Waals surface area contributed by atoms with Crippen molar-refractivity contribution in [3.05, 3.63) is 71.1 Å². The molecule has 2 aliphatic rings. The van der Waals surface area contributed by atoms with E-state index in [2.05, 4.69) is 15.0 Å². The number of nitrogens with two attached hydrogens (primary N) is 1. The predicted molar refractivity (Wildman–Crippen MR) is 111 cm³/mol. The number of nitrogens with zero attached hydrogens (tertiary/aromatic N) is 5. The summed E-state index contributed by atoms with van der Waals surface area (Å²) in [5, 5.41) is 0.609. The van der Waals surface area contributed by atoms with Gasteiger partial charge in [0.05, 0.1) is 0 Å². The zero-order valence-electron chi connectivity index (χ0n) is 15.5. The van der Waals surface area contributed by atoms with Gasteiger partial charge in [-0.3, -0.25) is 0 Å². The van der Waals surface area contributed by atoms with Crippen molar-refractivity contribution in [3.8, 4) is 0 Å². The highest BCUT2D eigenvalue weighted by Crippen LogP contribution is 2.19. The summed E-state index contributed by atoms with van der Waals surface area (Å²) < 4.78 is 5.28. The minimum absolute atomic E-state index is 0.276. The van der Waals surface area contributed by atoms with Crippen molar-refractivity contribution in [3.63, 3.8) is 0 Å². The van der Waals surface area contributed by atoms with E-state index in [0.29, 0.717) is 48.5 Å². The van der Waals surface area contributed by atoms with Crippen LogP contribution in [0.25, 0.3) is 0 Å². The van der Waals surface area contributed by atoms with E-state index in [1.165, 1.54) is 0 Å². The maximum atomic E-state index is 12.2. The third-order valence-electron chi connectivity index (χ3n) is 4.53. The van der Waals surface area contributed by atoms with Gasteiger partial charge in [-0.05, 0) is 36.4 Å². The Morgan fingerprint density at radius 1 is 1.14 bits per heavy atom. The Balaban J connectivity index is 1.39. The quantitative estimate of drug-likeness (QED) is 0.360. The highest BCUT2D eigenvalue weighted by atomic mass is 35.5. The second kappa shape index (κ2) is 8.32. The summed E-state index contributed by atoms with van der Waals surface area (Å²) in [7, 11) is 0. The van der Waals surface area contributed by atoms with Gasteiger partial charge in [0.1, 0.15) is 0 Å². The molecule has 2 aliphatic heterocycles. The minimum Gasteiger partial charge on any atom is -0.402 e. The lowest BCUT2D eigenvalue weighted by atomic mass is 10.2. The van der Waals surface area contributed by atoms with Gasteiger partial charge in [0.25, 0.3) is 0 Å². The zero-order chi connectivity index (χ0) is 20.2. The van der Waals surface area contributed by atoms with Gasteiger partial charge in [0, 0.05) is 49.2 Å². The summed E-state index contributed by atoms with van der Waals surface area (Å²) in [4.78, 5) is 29.0. The summed E-state index contributed by atoms with van der Waals surface area (Å²) in [6.45, 7) is 2.71. The molecule has 148 valence electrons. The van der Waals surface area contributed by atoms with E-state index in [1.54, 1.807) is 42.7 Å². The number of halogens is 1. The number of aromatic nitrogens is 1. The number of pyridine rings is 1. The number of aliphatic imine (C=N–C) groups is 2. The maximum Gasteiger partial charge on any atom is 0.365 e. The molecule has 9 heteroatoms. The molecular weight excluding hydrogens is 392 g/mol. The molecule has 2 aromatic rings. The fourth-order valence-electron chi connectivity index (χ4n) is 2.98. The first-order chi connectivity index (χ1) is 14.1. The van der Waals surface area contributed by atoms with E-state index in [4.69, 9.17) is 22.1 Å². The highest BCUT2D eigenvalue weighted by molar-refractivity contribution is 6.30. The second-order valence-electron chi connectivity index (χ2n) is 6.51. The number of benzene rings is 1. The SMILES string of the molecule is NC(=Nc1ccccn1)N1CCN(/C=C2/N=C(c3ccc(Cl)cc3)OC2=O)CC1. The van der Waals surface area contributed by atoms with E-state index < -0.39 is 5.97 Å². The number of hydrogen-bond acceptors (Lipinski definition) is 6. The molecule has 0 unspecified atom stereocenters. The molecule has 1 fully saturated rings. The first-order valence-electron chi connectivity index (χ1n) is 9.11. The van der Waals surface area contributed by atoms with Crippen molar-refractivity contribution >= 4 is 35.2 Å². The first-order valence-corrected chi connectivity index (χ1v) is 9.49. The molecule has 0 spiro atoms. The number of hydrogen-bond donors (Lipinski definition) is 1. The van der Waals surface area contributed by atoms with Crippen LogP contribution in [0.1, 0.15) is 5.56 Å². The average molecular weight is 411 g/mol. The number of ether oxygens (including phenoxy) is 1. The van der Waals surface area contributed by atoms with Crippen molar-refractivity contribution in [1.29, 1.82) is 0 Å². The maximum absolute atomic E-state index is 12.2. The van der Waals surface area contributed by atoms with Crippen molar-refractivity contribution < 1.29 is 9.53 Å². The predicted octanol–water partition coefficient (Wildman–Crippen LogP) is 2.14. The Morgan fingerprint density at radius 2 is 1.90 bits per heavy atom. The van der Waals surface area contributed by atoms with Crippen molar-refractivity contribution in [2.45, 2.75) is 0 Å². The van der Waals surface area contributed by atoms with Crippen LogP contribution in [-0.4, -0.2) is 58.8 Å². The van der Waals surface area contributed by atoms with Crippen LogP contribution in [0, 0.1) is 0 Å². The van der Waals surface area contributed by atoms with Crippen LogP contribution in [0.3, 0.4) is 0 Å². The van der Waals surface area contributed by atoms with E-state index in [9.17, 15) is 4.79 Å². The third kappa shape index (κ3) is 4.55.